The van der Waals surface area contributed by atoms with Crippen molar-refractivity contribution in [2.24, 2.45) is 0 Å². The summed E-state index contributed by atoms with van der Waals surface area (Å²) in [5, 5.41) is 13.9. The normalized spacial score (nSPS) is 11.7. The predicted octanol–water partition coefficient (Wildman–Crippen LogP) is 10.1. The van der Waals surface area contributed by atoms with Crippen molar-refractivity contribution in [3.8, 4) is 0 Å². The van der Waals surface area contributed by atoms with Gasteiger partial charge in [0.25, 0.3) is 0 Å². The third-order valence-electron chi connectivity index (χ3n) is 9.91. The van der Waals surface area contributed by atoms with Gasteiger partial charge in [0.1, 0.15) is 28.2 Å². The van der Waals surface area contributed by atoms with Gasteiger partial charge >= 0.3 is 0 Å². The quantitative estimate of drug-likeness (QED) is 0.0944. The molecule has 0 bridgehead atoms. The Bertz CT molecular complexity index is 2270. The lowest BCUT2D eigenvalue weighted by molar-refractivity contribution is -0.116. The standard InChI is InChI=1S/C47H39N5OS/c1-35(53)32-33-54-42-34-43(49-46(36-20-8-2-9-21-36,37-22-10-3-11-23-37)38-24-12-4-13-25-38)48-45-44(42)50-51-52(45)47(39-26-14-5-15-27-39,40-28-16-6-17-29-40)41-30-18-7-19-31-41/h2-31,34H,32-33H2,1H3,(H,48,49). The third-order valence-corrected chi connectivity index (χ3v) is 10.9. The van der Waals surface area contributed by atoms with E-state index in [1.807, 2.05) is 41.1 Å². The number of hydrogen-bond donors (Lipinski definition) is 1. The van der Waals surface area contributed by atoms with E-state index in [4.69, 9.17) is 15.3 Å². The molecular formula is C47H39N5OS. The highest BCUT2D eigenvalue weighted by atomic mass is 32.2. The minimum Gasteiger partial charge on any atom is -0.353 e. The van der Waals surface area contributed by atoms with Crippen molar-refractivity contribution in [2.75, 3.05) is 11.1 Å². The van der Waals surface area contributed by atoms with Gasteiger partial charge < -0.3 is 5.32 Å². The van der Waals surface area contributed by atoms with Crippen molar-refractivity contribution in [3.05, 3.63) is 221 Å². The van der Waals surface area contributed by atoms with E-state index in [0.717, 1.165) is 38.3 Å². The number of benzene rings is 6. The number of thioether (sulfide) groups is 1. The zero-order chi connectivity index (χ0) is 36.8. The number of fused-ring (bicyclic) bond motifs is 1. The smallest absolute Gasteiger partial charge is 0.183 e. The Kier molecular flexibility index (Phi) is 9.88. The lowest BCUT2D eigenvalue weighted by Crippen LogP contribution is -2.39. The van der Waals surface area contributed by atoms with Crippen LogP contribution in [0.5, 0.6) is 0 Å². The van der Waals surface area contributed by atoms with Gasteiger partial charge in [0.05, 0.1) is 0 Å². The molecule has 0 saturated heterocycles. The summed E-state index contributed by atoms with van der Waals surface area (Å²) in [4.78, 5) is 18.5. The van der Waals surface area contributed by atoms with Crippen molar-refractivity contribution >= 4 is 34.5 Å². The number of pyridine rings is 1. The second-order valence-corrected chi connectivity index (χ2v) is 14.4. The fourth-order valence-corrected chi connectivity index (χ4v) is 8.53. The van der Waals surface area contributed by atoms with Crippen LogP contribution in [0.25, 0.3) is 11.2 Å². The number of nitrogens with zero attached hydrogens (tertiary/aromatic N) is 4. The maximum Gasteiger partial charge on any atom is 0.183 e. The van der Waals surface area contributed by atoms with Gasteiger partial charge in [0.2, 0.25) is 0 Å². The predicted molar refractivity (Wildman–Crippen MR) is 219 cm³/mol. The number of hydrogen-bond acceptors (Lipinski definition) is 6. The fraction of sp³-hybridized carbons (Fsp3) is 0.106. The SMILES string of the molecule is CC(=O)CCSc1cc(NC(c2ccccc2)(c2ccccc2)c2ccccc2)nc2c1nnn2C(c1ccccc1)(c1ccccc1)c1ccccc1. The van der Waals surface area contributed by atoms with Crippen LogP contribution in [0.3, 0.4) is 0 Å². The van der Waals surface area contributed by atoms with Crippen LogP contribution in [0, 0.1) is 0 Å². The molecule has 0 aliphatic carbocycles. The van der Waals surface area contributed by atoms with Crippen LogP contribution >= 0.6 is 11.8 Å². The lowest BCUT2D eigenvalue weighted by Gasteiger charge is -2.38. The number of carbonyl (C=O) groups excluding carboxylic acids is 1. The molecule has 0 saturated carbocycles. The number of nitrogens with one attached hydrogen (secondary N) is 1. The van der Waals surface area contributed by atoms with Crippen molar-refractivity contribution in [1.29, 1.82) is 0 Å². The number of aromatic nitrogens is 4. The maximum absolute atomic E-state index is 12.2. The molecule has 0 fully saturated rings. The Hall–Kier alpha value is -6.31. The van der Waals surface area contributed by atoms with Gasteiger partial charge in [-0.1, -0.05) is 187 Å². The fourth-order valence-electron chi connectivity index (χ4n) is 7.46. The Balaban J connectivity index is 1.44. The van der Waals surface area contributed by atoms with Crippen LogP contribution in [0.15, 0.2) is 193 Å². The molecule has 0 atom stereocenters. The molecule has 0 aliphatic rings. The Morgan fingerprint density at radius 2 is 0.981 bits per heavy atom. The third kappa shape index (κ3) is 6.37. The molecule has 0 spiro atoms. The van der Waals surface area contributed by atoms with E-state index in [9.17, 15) is 4.79 Å². The molecule has 0 amide bonds. The first kappa shape index (κ1) is 34.8. The summed E-state index contributed by atoms with van der Waals surface area (Å²) in [6.45, 7) is 1.63. The number of anilines is 1. The molecular weight excluding hydrogens is 683 g/mol. The molecule has 6 nitrogen and oxygen atoms in total. The second kappa shape index (κ2) is 15.3. The average Bonchev–Trinajstić information content (AvgIpc) is 3.66. The van der Waals surface area contributed by atoms with Gasteiger partial charge in [-0.15, -0.1) is 16.9 Å². The molecule has 2 aromatic heterocycles. The first-order valence-electron chi connectivity index (χ1n) is 18.1. The van der Waals surface area contributed by atoms with Crippen LogP contribution in [-0.4, -0.2) is 31.5 Å². The van der Waals surface area contributed by atoms with E-state index in [-0.39, 0.29) is 5.78 Å². The zero-order valence-electron chi connectivity index (χ0n) is 29.9. The summed E-state index contributed by atoms with van der Waals surface area (Å²) in [5.74, 6) is 1.39. The molecule has 0 radical (unpaired) electrons. The van der Waals surface area contributed by atoms with Gasteiger partial charge in [-0.2, -0.15) is 0 Å². The largest absolute Gasteiger partial charge is 0.353 e. The summed E-state index contributed by atoms with van der Waals surface area (Å²) in [7, 11) is 0. The highest BCUT2D eigenvalue weighted by molar-refractivity contribution is 7.99. The summed E-state index contributed by atoms with van der Waals surface area (Å²) in [6.07, 6.45) is 0.440. The van der Waals surface area contributed by atoms with E-state index in [2.05, 4.69) is 157 Å². The number of ketones is 1. The van der Waals surface area contributed by atoms with E-state index in [1.165, 1.54) is 0 Å². The summed E-state index contributed by atoms with van der Waals surface area (Å²) in [5.41, 5.74) is 5.79. The van der Waals surface area contributed by atoms with Gasteiger partial charge in [0.15, 0.2) is 5.65 Å². The van der Waals surface area contributed by atoms with Crippen LogP contribution in [0.1, 0.15) is 46.7 Å². The molecule has 1 N–H and O–H groups in total. The molecule has 8 aromatic rings. The molecule has 8 rings (SSSR count). The Labute approximate surface area is 319 Å². The van der Waals surface area contributed by atoms with Crippen molar-refractivity contribution < 1.29 is 4.79 Å². The molecule has 264 valence electrons. The zero-order valence-corrected chi connectivity index (χ0v) is 30.7. The monoisotopic (exact) mass is 721 g/mol. The summed E-state index contributed by atoms with van der Waals surface area (Å²) in [6, 6.07) is 64.9. The molecule has 2 heterocycles. The molecule has 6 aromatic carbocycles. The number of Topliss-reactive ketones (excluding diaryl/α,β-unsaturated/α-hetero) is 1. The Morgan fingerprint density at radius 1 is 0.593 bits per heavy atom. The number of rotatable bonds is 13. The highest BCUT2D eigenvalue weighted by Crippen LogP contribution is 2.44. The second-order valence-electron chi connectivity index (χ2n) is 13.3. The summed E-state index contributed by atoms with van der Waals surface area (Å²) >= 11 is 1.60. The highest BCUT2D eigenvalue weighted by Gasteiger charge is 2.42. The first-order valence-corrected chi connectivity index (χ1v) is 19.1. The molecule has 7 heteroatoms. The van der Waals surface area contributed by atoms with E-state index >= 15 is 0 Å². The van der Waals surface area contributed by atoms with Crippen LogP contribution in [0.2, 0.25) is 0 Å². The topological polar surface area (TPSA) is 72.7 Å². The van der Waals surface area contributed by atoms with Gasteiger partial charge in [-0.25, -0.2) is 9.67 Å². The van der Waals surface area contributed by atoms with E-state index < -0.39 is 11.1 Å². The van der Waals surface area contributed by atoms with Gasteiger partial charge in [0, 0.05) is 17.1 Å². The molecule has 0 unspecified atom stereocenters. The maximum atomic E-state index is 12.2. The van der Waals surface area contributed by atoms with Gasteiger partial charge in [-0.3, -0.25) is 4.79 Å². The minimum atomic E-state index is -0.930. The molecule has 54 heavy (non-hydrogen) atoms. The van der Waals surface area contributed by atoms with Crippen LogP contribution in [-0.2, 0) is 15.9 Å². The van der Waals surface area contributed by atoms with E-state index in [1.54, 1.807) is 18.7 Å². The van der Waals surface area contributed by atoms with Crippen LogP contribution in [0.4, 0.5) is 5.82 Å². The number of carbonyl (C=O) groups is 1. The van der Waals surface area contributed by atoms with Crippen molar-refractivity contribution in [1.82, 2.24) is 20.0 Å². The minimum absolute atomic E-state index is 0.141. The van der Waals surface area contributed by atoms with E-state index in [0.29, 0.717) is 29.2 Å². The van der Waals surface area contributed by atoms with Crippen molar-refractivity contribution in [3.63, 3.8) is 0 Å². The van der Waals surface area contributed by atoms with Crippen LogP contribution < -0.4 is 5.32 Å². The Morgan fingerprint density at radius 3 is 1.37 bits per heavy atom. The van der Waals surface area contributed by atoms with Gasteiger partial charge in [-0.05, 0) is 46.4 Å². The van der Waals surface area contributed by atoms with Crippen molar-refractivity contribution in [2.45, 2.75) is 29.3 Å². The first-order chi connectivity index (χ1) is 26.6. The average molecular weight is 722 g/mol. The lowest BCUT2D eigenvalue weighted by atomic mass is 9.77. The summed E-state index contributed by atoms with van der Waals surface area (Å²) < 4.78 is 1.98. The molecule has 0 aliphatic heterocycles.